The minimum absolute atomic E-state index is 0.184. The molecule has 0 saturated carbocycles. The number of amides is 2. The fraction of sp³-hybridized carbons (Fsp3) is 0.353. The molecule has 0 aliphatic carbocycles. The van der Waals surface area contributed by atoms with Crippen LogP contribution in [0.5, 0.6) is 0 Å². The van der Waals surface area contributed by atoms with Crippen LogP contribution in [-0.2, 0) is 4.74 Å². The van der Waals surface area contributed by atoms with Gasteiger partial charge >= 0.3 is 6.03 Å². The van der Waals surface area contributed by atoms with Crippen LogP contribution in [0.2, 0.25) is 0 Å². The van der Waals surface area contributed by atoms with E-state index in [1.807, 2.05) is 13.8 Å². The molecule has 3 rings (SSSR count). The molecule has 1 fully saturated rings. The number of nitrogens with one attached hydrogen (secondary N) is 2. The maximum absolute atomic E-state index is 12.7. The van der Waals surface area contributed by atoms with Crippen molar-refractivity contribution in [2.24, 2.45) is 0 Å². The number of hydrogen-bond acceptors (Lipinski definition) is 4. The van der Waals surface area contributed by atoms with Crippen LogP contribution >= 0.6 is 0 Å². The van der Waals surface area contributed by atoms with Crippen LogP contribution in [0, 0.1) is 25.2 Å². The van der Waals surface area contributed by atoms with Gasteiger partial charge in [0.05, 0.1) is 36.6 Å². The maximum atomic E-state index is 12.7. The van der Waals surface area contributed by atoms with E-state index in [0.717, 1.165) is 17.0 Å². The van der Waals surface area contributed by atoms with Crippen LogP contribution in [0.1, 0.15) is 28.6 Å². The van der Waals surface area contributed by atoms with Crippen molar-refractivity contribution in [1.29, 1.82) is 5.26 Å². The molecule has 0 radical (unpaired) electrons. The summed E-state index contributed by atoms with van der Waals surface area (Å²) in [5, 5.41) is 19.0. The average molecular weight is 325 g/mol. The van der Waals surface area contributed by atoms with Gasteiger partial charge in [-0.2, -0.15) is 10.4 Å². The predicted molar refractivity (Wildman–Crippen MR) is 88.5 cm³/mol. The Labute approximate surface area is 140 Å². The average Bonchev–Trinajstić information content (AvgIpc) is 2.93. The first-order valence-corrected chi connectivity index (χ1v) is 7.77. The molecule has 1 aromatic heterocycles. The third kappa shape index (κ3) is 3.09. The van der Waals surface area contributed by atoms with E-state index in [1.54, 1.807) is 29.2 Å². The van der Waals surface area contributed by atoms with Gasteiger partial charge in [-0.05, 0) is 32.0 Å². The number of aromatic nitrogens is 2. The topological polar surface area (TPSA) is 94.0 Å². The zero-order valence-corrected chi connectivity index (χ0v) is 13.7. The molecular weight excluding hydrogens is 306 g/mol. The number of H-pyrrole nitrogens is 1. The molecule has 24 heavy (non-hydrogen) atoms. The number of aromatic amines is 1. The van der Waals surface area contributed by atoms with Gasteiger partial charge in [-0.15, -0.1) is 0 Å². The summed E-state index contributed by atoms with van der Waals surface area (Å²) in [7, 11) is 0. The van der Waals surface area contributed by atoms with Crippen molar-refractivity contribution in [3.8, 4) is 6.07 Å². The highest BCUT2D eigenvalue weighted by Crippen LogP contribution is 2.29. The molecule has 1 atom stereocenters. The lowest BCUT2D eigenvalue weighted by Gasteiger charge is -2.35. The van der Waals surface area contributed by atoms with Gasteiger partial charge in [-0.3, -0.25) is 5.10 Å². The quantitative estimate of drug-likeness (QED) is 0.887. The highest BCUT2D eigenvalue weighted by atomic mass is 16.5. The summed E-state index contributed by atoms with van der Waals surface area (Å²) < 4.78 is 5.58. The highest BCUT2D eigenvalue weighted by molar-refractivity contribution is 5.90. The van der Waals surface area contributed by atoms with Gasteiger partial charge in [0.15, 0.2) is 0 Å². The number of morpholine rings is 1. The van der Waals surface area contributed by atoms with Crippen molar-refractivity contribution >= 4 is 11.7 Å². The Morgan fingerprint density at radius 1 is 1.50 bits per heavy atom. The first-order chi connectivity index (χ1) is 11.6. The third-order valence-electron chi connectivity index (χ3n) is 4.15. The normalized spacial score (nSPS) is 17.4. The molecule has 124 valence electrons. The fourth-order valence-electron chi connectivity index (χ4n) is 3.00. The maximum Gasteiger partial charge on any atom is 0.322 e. The number of hydrogen-bond donors (Lipinski definition) is 2. The lowest BCUT2D eigenvalue weighted by Crippen LogP contribution is -2.45. The number of anilines is 1. The van der Waals surface area contributed by atoms with E-state index in [1.165, 1.54) is 0 Å². The van der Waals surface area contributed by atoms with Gasteiger partial charge in [-0.1, -0.05) is 6.07 Å². The Hall–Kier alpha value is -2.85. The Kier molecular flexibility index (Phi) is 4.49. The van der Waals surface area contributed by atoms with Gasteiger partial charge in [0, 0.05) is 23.5 Å². The van der Waals surface area contributed by atoms with Crippen molar-refractivity contribution < 1.29 is 9.53 Å². The highest BCUT2D eigenvalue weighted by Gasteiger charge is 2.32. The number of benzene rings is 1. The van der Waals surface area contributed by atoms with Crippen molar-refractivity contribution in [3.05, 3.63) is 46.8 Å². The largest absolute Gasteiger partial charge is 0.377 e. The molecule has 2 aromatic rings. The van der Waals surface area contributed by atoms with E-state index in [4.69, 9.17) is 10.00 Å². The predicted octanol–water partition coefficient (Wildman–Crippen LogP) is 2.50. The number of ether oxygens (including phenoxy) is 1. The third-order valence-corrected chi connectivity index (χ3v) is 4.15. The minimum Gasteiger partial charge on any atom is -0.377 e. The number of rotatable bonds is 2. The summed E-state index contributed by atoms with van der Waals surface area (Å²) in [4.78, 5) is 14.5. The van der Waals surface area contributed by atoms with E-state index in [0.29, 0.717) is 31.0 Å². The van der Waals surface area contributed by atoms with Crippen LogP contribution in [0.3, 0.4) is 0 Å². The molecular formula is C17H19N5O2. The van der Waals surface area contributed by atoms with Crippen molar-refractivity contribution in [3.63, 3.8) is 0 Å². The summed E-state index contributed by atoms with van der Waals surface area (Å²) >= 11 is 0. The minimum atomic E-state index is -0.210. The molecule has 0 unspecified atom stereocenters. The van der Waals surface area contributed by atoms with Crippen LogP contribution in [-0.4, -0.2) is 40.9 Å². The number of carbonyl (C=O) groups is 1. The smallest absolute Gasteiger partial charge is 0.322 e. The molecule has 1 aliphatic rings. The Balaban J connectivity index is 1.82. The number of aryl methyl sites for hydroxylation is 2. The van der Waals surface area contributed by atoms with Crippen molar-refractivity contribution in [2.45, 2.75) is 19.9 Å². The summed E-state index contributed by atoms with van der Waals surface area (Å²) in [6.45, 7) is 5.29. The second kappa shape index (κ2) is 6.72. The van der Waals surface area contributed by atoms with E-state index >= 15 is 0 Å². The number of nitrogens with zero attached hydrogens (tertiary/aromatic N) is 3. The van der Waals surface area contributed by atoms with Crippen LogP contribution in [0.25, 0.3) is 0 Å². The summed E-state index contributed by atoms with van der Waals surface area (Å²) in [5.41, 5.74) is 3.91. The molecule has 0 bridgehead atoms. The molecule has 2 N–H and O–H groups in total. The standard InChI is InChI=1S/C17H19N5O2/c1-11-16(12(2)21-20-11)15-10-24-7-6-22(15)17(23)19-14-5-3-4-13(8-14)9-18/h3-5,8,15H,6-7,10H2,1-2H3,(H,19,23)(H,20,21)/t15-/m0/s1. The van der Waals surface area contributed by atoms with Crippen LogP contribution < -0.4 is 5.32 Å². The molecule has 7 nitrogen and oxygen atoms in total. The van der Waals surface area contributed by atoms with Gasteiger partial charge in [0.2, 0.25) is 0 Å². The van der Waals surface area contributed by atoms with E-state index in [9.17, 15) is 4.79 Å². The van der Waals surface area contributed by atoms with Gasteiger partial charge in [0.1, 0.15) is 0 Å². The van der Waals surface area contributed by atoms with Crippen molar-refractivity contribution in [2.75, 3.05) is 25.1 Å². The lowest BCUT2D eigenvalue weighted by atomic mass is 10.0. The lowest BCUT2D eigenvalue weighted by molar-refractivity contribution is 0.0143. The molecule has 1 saturated heterocycles. The van der Waals surface area contributed by atoms with Crippen LogP contribution in [0.4, 0.5) is 10.5 Å². The Morgan fingerprint density at radius 2 is 2.33 bits per heavy atom. The van der Waals surface area contributed by atoms with Gasteiger partial charge < -0.3 is 15.0 Å². The van der Waals surface area contributed by atoms with E-state index in [2.05, 4.69) is 21.6 Å². The molecule has 1 aliphatic heterocycles. The van der Waals surface area contributed by atoms with Crippen molar-refractivity contribution in [1.82, 2.24) is 15.1 Å². The molecule has 7 heteroatoms. The zero-order valence-electron chi connectivity index (χ0n) is 13.7. The van der Waals surface area contributed by atoms with Crippen LogP contribution in [0.15, 0.2) is 24.3 Å². The second-order valence-corrected chi connectivity index (χ2v) is 5.75. The first-order valence-electron chi connectivity index (χ1n) is 7.77. The number of nitriles is 1. The SMILES string of the molecule is Cc1n[nH]c(C)c1[C@@H]1COCCN1C(=O)Nc1cccc(C#N)c1. The Morgan fingerprint density at radius 3 is 3.04 bits per heavy atom. The zero-order chi connectivity index (χ0) is 17.1. The Bertz CT molecular complexity index is 773. The van der Waals surface area contributed by atoms with E-state index in [-0.39, 0.29) is 12.1 Å². The van der Waals surface area contributed by atoms with Gasteiger partial charge in [-0.25, -0.2) is 4.79 Å². The molecule has 1 aromatic carbocycles. The van der Waals surface area contributed by atoms with Gasteiger partial charge in [0.25, 0.3) is 0 Å². The summed E-state index contributed by atoms with van der Waals surface area (Å²) in [6.07, 6.45) is 0. The first kappa shape index (κ1) is 16.0. The monoisotopic (exact) mass is 325 g/mol. The number of carbonyl (C=O) groups excluding carboxylic acids is 1. The summed E-state index contributed by atoms with van der Waals surface area (Å²) in [6, 6.07) is 8.54. The molecule has 2 amide bonds. The molecule has 0 spiro atoms. The van der Waals surface area contributed by atoms with E-state index < -0.39 is 0 Å². The number of urea groups is 1. The molecule has 2 heterocycles. The second-order valence-electron chi connectivity index (χ2n) is 5.75. The fourth-order valence-corrected chi connectivity index (χ4v) is 3.00. The summed E-state index contributed by atoms with van der Waals surface area (Å²) in [5.74, 6) is 0.